The fourth-order valence-corrected chi connectivity index (χ4v) is 4.02. The van der Waals surface area contributed by atoms with Crippen molar-refractivity contribution < 1.29 is 4.79 Å². The molecule has 0 spiro atoms. The number of carbonyl (C=O) groups is 1. The van der Waals surface area contributed by atoms with Crippen molar-refractivity contribution in [3.8, 4) is 0 Å². The highest BCUT2D eigenvalue weighted by atomic mass is 79.9. The molecule has 1 fully saturated rings. The van der Waals surface area contributed by atoms with Gasteiger partial charge in [0.1, 0.15) is 0 Å². The zero-order valence-electron chi connectivity index (χ0n) is 12.3. The first kappa shape index (κ1) is 15.9. The standard InChI is InChI=1S/C16H22BrNOS/c1-11-5-4-6-12(2)18(11)16(19)13(3)20-15-9-7-14(17)8-10-15/h7-13H,4-6H2,1-3H3. The molecule has 0 saturated carbocycles. The van der Waals surface area contributed by atoms with E-state index in [0.29, 0.717) is 12.1 Å². The molecule has 1 aromatic rings. The molecule has 3 atom stereocenters. The summed E-state index contributed by atoms with van der Waals surface area (Å²) < 4.78 is 1.07. The third kappa shape index (κ3) is 3.79. The van der Waals surface area contributed by atoms with Crippen molar-refractivity contribution in [3.63, 3.8) is 0 Å². The fourth-order valence-electron chi connectivity index (χ4n) is 2.83. The lowest BCUT2D eigenvalue weighted by molar-refractivity contribution is -0.136. The Balaban J connectivity index is 2.02. The number of thioether (sulfide) groups is 1. The number of piperidine rings is 1. The monoisotopic (exact) mass is 355 g/mol. The van der Waals surface area contributed by atoms with Crippen LogP contribution in [0.25, 0.3) is 0 Å². The Labute approximate surface area is 134 Å². The molecular formula is C16H22BrNOS. The summed E-state index contributed by atoms with van der Waals surface area (Å²) in [4.78, 5) is 15.9. The summed E-state index contributed by atoms with van der Waals surface area (Å²) in [5.41, 5.74) is 0. The number of nitrogens with zero attached hydrogens (tertiary/aromatic N) is 1. The van der Waals surface area contributed by atoms with Gasteiger partial charge >= 0.3 is 0 Å². The molecule has 110 valence electrons. The second kappa shape index (κ2) is 6.99. The molecule has 1 saturated heterocycles. The molecule has 4 heteroatoms. The third-order valence-electron chi connectivity index (χ3n) is 3.92. The van der Waals surface area contributed by atoms with Gasteiger partial charge in [0.15, 0.2) is 0 Å². The maximum absolute atomic E-state index is 12.7. The Bertz CT molecular complexity index is 452. The van der Waals surface area contributed by atoms with E-state index in [9.17, 15) is 4.79 Å². The molecule has 1 aliphatic rings. The minimum Gasteiger partial charge on any atom is -0.336 e. The molecule has 1 amide bonds. The summed E-state index contributed by atoms with van der Waals surface area (Å²) in [6, 6.07) is 8.90. The topological polar surface area (TPSA) is 20.3 Å². The highest BCUT2D eigenvalue weighted by Gasteiger charge is 2.31. The maximum atomic E-state index is 12.7. The molecule has 20 heavy (non-hydrogen) atoms. The van der Waals surface area contributed by atoms with Crippen LogP contribution in [0.3, 0.4) is 0 Å². The summed E-state index contributed by atoms with van der Waals surface area (Å²) in [6.45, 7) is 6.36. The molecule has 0 aromatic heterocycles. The van der Waals surface area contributed by atoms with Gasteiger partial charge in [0.2, 0.25) is 5.91 Å². The highest BCUT2D eigenvalue weighted by Crippen LogP contribution is 2.29. The van der Waals surface area contributed by atoms with E-state index in [2.05, 4.69) is 46.8 Å². The molecular weight excluding hydrogens is 334 g/mol. The Morgan fingerprint density at radius 3 is 2.35 bits per heavy atom. The van der Waals surface area contributed by atoms with Gasteiger partial charge in [0, 0.05) is 21.5 Å². The number of amides is 1. The van der Waals surface area contributed by atoms with Crippen molar-refractivity contribution in [2.24, 2.45) is 0 Å². The van der Waals surface area contributed by atoms with Gasteiger partial charge in [-0.25, -0.2) is 0 Å². The predicted octanol–water partition coefficient (Wildman–Crippen LogP) is 4.72. The predicted molar refractivity (Wildman–Crippen MR) is 89.1 cm³/mol. The van der Waals surface area contributed by atoms with Gasteiger partial charge in [-0.05, 0) is 64.3 Å². The largest absolute Gasteiger partial charge is 0.336 e. The summed E-state index contributed by atoms with van der Waals surface area (Å²) >= 11 is 5.08. The summed E-state index contributed by atoms with van der Waals surface area (Å²) in [6.07, 6.45) is 3.50. The van der Waals surface area contributed by atoms with E-state index in [1.54, 1.807) is 11.8 Å². The van der Waals surface area contributed by atoms with Crippen LogP contribution in [0.1, 0.15) is 40.0 Å². The molecule has 0 bridgehead atoms. The van der Waals surface area contributed by atoms with E-state index >= 15 is 0 Å². The lowest BCUT2D eigenvalue weighted by atomic mass is 9.97. The second-order valence-corrected chi connectivity index (χ2v) is 7.92. The molecule has 0 aliphatic carbocycles. The lowest BCUT2D eigenvalue weighted by Crippen LogP contribution is -2.50. The zero-order valence-corrected chi connectivity index (χ0v) is 14.7. The van der Waals surface area contributed by atoms with Crippen molar-refractivity contribution in [2.75, 3.05) is 0 Å². The molecule has 3 unspecified atom stereocenters. The maximum Gasteiger partial charge on any atom is 0.236 e. The minimum atomic E-state index is -0.0285. The lowest BCUT2D eigenvalue weighted by Gasteiger charge is -2.40. The van der Waals surface area contributed by atoms with E-state index < -0.39 is 0 Å². The number of likely N-dealkylation sites (tertiary alicyclic amines) is 1. The minimum absolute atomic E-state index is 0.0285. The van der Waals surface area contributed by atoms with E-state index in [0.717, 1.165) is 22.2 Å². The van der Waals surface area contributed by atoms with Crippen LogP contribution in [-0.2, 0) is 4.79 Å². The van der Waals surface area contributed by atoms with Crippen LogP contribution in [0, 0.1) is 0 Å². The van der Waals surface area contributed by atoms with E-state index in [-0.39, 0.29) is 11.2 Å². The van der Waals surface area contributed by atoms with Crippen molar-refractivity contribution in [3.05, 3.63) is 28.7 Å². The molecule has 1 aromatic carbocycles. The number of hydrogen-bond acceptors (Lipinski definition) is 2. The first-order valence-electron chi connectivity index (χ1n) is 7.23. The molecule has 1 heterocycles. The number of rotatable bonds is 3. The number of halogens is 1. The van der Waals surface area contributed by atoms with Crippen molar-refractivity contribution in [1.82, 2.24) is 4.90 Å². The van der Waals surface area contributed by atoms with Crippen LogP contribution in [0.4, 0.5) is 0 Å². The Morgan fingerprint density at radius 1 is 1.25 bits per heavy atom. The van der Waals surface area contributed by atoms with Crippen LogP contribution >= 0.6 is 27.7 Å². The Morgan fingerprint density at radius 2 is 1.80 bits per heavy atom. The van der Waals surface area contributed by atoms with Gasteiger partial charge in [0.05, 0.1) is 5.25 Å². The van der Waals surface area contributed by atoms with E-state index in [4.69, 9.17) is 0 Å². The summed E-state index contributed by atoms with van der Waals surface area (Å²) in [5.74, 6) is 0.276. The van der Waals surface area contributed by atoms with E-state index in [1.165, 1.54) is 6.42 Å². The molecule has 2 rings (SSSR count). The normalized spacial score (nSPS) is 24.5. The first-order chi connectivity index (χ1) is 9.49. The molecule has 0 N–H and O–H groups in total. The van der Waals surface area contributed by atoms with Gasteiger partial charge in [-0.3, -0.25) is 4.79 Å². The van der Waals surface area contributed by atoms with Gasteiger partial charge in [0.25, 0.3) is 0 Å². The smallest absolute Gasteiger partial charge is 0.236 e. The average Bonchev–Trinajstić information content (AvgIpc) is 2.41. The third-order valence-corrected chi connectivity index (χ3v) is 5.55. The second-order valence-electron chi connectivity index (χ2n) is 5.59. The van der Waals surface area contributed by atoms with Crippen molar-refractivity contribution in [2.45, 2.75) is 62.3 Å². The Hall–Kier alpha value is -0.480. The van der Waals surface area contributed by atoms with Gasteiger partial charge in [-0.2, -0.15) is 0 Å². The molecule has 0 radical (unpaired) electrons. The summed E-state index contributed by atoms with van der Waals surface area (Å²) in [5, 5.41) is -0.0285. The first-order valence-corrected chi connectivity index (χ1v) is 8.90. The number of benzene rings is 1. The van der Waals surface area contributed by atoms with Crippen LogP contribution in [0.15, 0.2) is 33.6 Å². The fraction of sp³-hybridized carbons (Fsp3) is 0.562. The zero-order chi connectivity index (χ0) is 14.7. The highest BCUT2D eigenvalue weighted by molar-refractivity contribution is 9.10. The number of carbonyl (C=O) groups excluding carboxylic acids is 1. The van der Waals surface area contributed by atoms with Crippen LogP contribution in [-0.4, -0.2) is 28.1 Å². The van der Waals surface area contributed by atoms with Crippen LogP contribution in [0.5, 0.6) is 0 Å². The SMILES string of the molecule is CC(Sc1ccc(Br)cc1)C(=O)N1C(C)CCCC1C. The average molecular weight is 356 g/mol. The van der Waals surface area contributed by atoms with Gasteiger partial charge in [-0.15, -0.1) is 11.8 Å². The van der Waals surface area contributed by atoms with Crippen LogP contribution < -0.4 is 0 Å². The molecule has 1 aliphatic heterocycles. The summed E-state index contributed by atoms with van der Waals surface area (Å²) in [7, 11) is 0. The van der Waals surface area contributed by atoms with Gasteiger partial charge in [-0.1, -0.05) is 15.9 Å². The molecule has 2 nitrogen and oxygen atoms in total. The van der Waals surface area contributed by atoms with Crippen LogP contribution in [0.2, 0.25) is 0 Å². The Kier molecular flexibility index (Phi) is 5.56. The van der Waals surface area contributed by atoms with Gasteiger partial charge < -0.3 is 4.90 Å². The van der Waals surface area contributed by atoms with Crippen molar-refractivity contribution in [1.29, 1.82) is 0 Å². The number of hydrogen-bond donors (Lipinski definition) is 0. The quantitative estimate of drug-likeness (QED) is 0.731. The van der Waals surface area contributed by atoms with Crippen molar-refractivity contribution >= 4 is 33.6 Å². The van der Waals surface area contributed by atoms with E-state index in [1.807, 2.05) is 19.1 Å².